The maximum absolute atomic E-state index is 5.76. The number of nitrogens with one attached hydrogen (secondary N) is 1. The summed E-state index contributed by atoms with van der Waals surface area (Å²) in [7, 11) is 0. The standard InChI is InChI=1S/C17H29NO/c1-4-16-10-12-17(13-11-16)19-15-9-7-8-14-18(5-2)6-3/h10-13H,4-9,14-15H2,1-3H3/p+1. The molecule has 0 fully saturated rings. The van der Waals surface area contributed by atoms with Gasteiger partial charge in [0.05, 0.1) is 26.2 Å². The summed E-state index contributed by atoms with van der Waals surface area (Å²) in [6.45, 7) is 11.3. The van der Waals surface area contributed by atoms with Gasteiger partial charge in [0.1, 0.15) is 5.75 Å². The van der Waals surface area contributed by atoms with E-state index in [-0.39, 0.29) is 0 Å². The molecule has 19 heavy (non-hydrogen) atoms. The van der Waals surface area contributed by atoms with E-state index in [2.05, 4.69) is 45.0 Å². The lowest BCUT2D eigenvalue weighted by Gasteiger charge is -2.14. The Hall–Kier alpha value is -1.02. The van der Waals surface area contributed by atoms with Gasteiger partial charge in [0.2, 0.25) is 0 Å². The maximum Gasteiger partial charge on any atom is 0.119 e. The van der Waals surface area contributed by atoms with Crippen molar-refractivity contribution in [2.24, 2.45) is 0 Å². The van der Waals surface area contributed by atoms with Crippen LogP contribution in [0.4, 0.5) is 0 Å². The van der Waals surface area contributed by atoms with E-state index in [1.165, 1.54) is 38.0 Å². The molecule has 0 bridgehead atoms. The Morgan fingerprint density at radius 2 is 1.58 bits per heavy atom. The Kier molecular flexibility index (Phi) is 8.31. The molecule has 0 heterocycles. The topological polar surface area (TPSA) is 13.7 Å². The van der Waals surface area contributed by atoms with Gasteiger partial charge in [-0.05, 0) is 57.2 Å². The maximum atomic E-state index is 5.76. The van der Waals surface area contributed by atoms with Gasteiger partial charge in [-0.2, -0.15) is 0 Å². The van der Waals surface area contributed by atoms with Gasteiger partial charge in [0, 0.05) is 0 Å². The predicted molar refractivity (Wildman–Crippen MR) is 82.1 cm³/mol. The van der Waals surface area contributed by atoms with E-state index >= 15 is 0 Å². The third-order valence-electron chi connectivity index (χ3n) is 3.77. The van der Waals surface area contributed by atoms with E-state index in [0.29, 0.717) is 0 Å². The highest BCUT2D eigenvalue weighted by Gasteiger charge is 2.01. The third-order valence-corrected chi connectivity index (χ3v) is 3.77. The highest BCUT2D eigenvalue weighted by atomic mass is 16.5. The van der Waals surface area contributed by atoms with Gasteiger partial charge in [-0.3, -0.25) is 0 Å². The second kappa shape index (κ2) is 9.85. The first-order valence-corrected chi connectivity index (χ1v) is 7.85. The summed E-state index contributed by atoms with van der Waals surface area (Å²) in [4.78, 5) is 1.70. The lowest BCUT2D eigenvalue weighted by molar-refractivity contribution is -0.896. The first-order valence-electron chi connectivity index (χ1n) is 7.85. The van der Waals surface area contributed by atoms with Crippen LogP contribution in [0.5, 0.6) is 5.75 Å². The number of rotatable bonds is 10. The van der Waals surface area contributed by atoms with Crippen molar-refractivity contribution in [1.82, 2.24) is 0 Å². The molecule has 108 valence electrons. The fourth-order valence-electron chi connectivity index (χ4n) is 2.27. The average Bonchev–Trinajstić information content (AvgIpc) is 2.47. The van der Waals surface area contributed by atoms with Gasteiger partial charge >= 0.3 is 0 Å². The first kappa shape index (κ1) is 16.0. The fraction of sp³-hybridized carbons (Fsp3) is 0.647. The molecule has 0 saturated heterocycles. The SMILES string of the molecule is CCc1ccc(OCCCCC[NH+](CC)CC)cc1. The van der Waals surface area contributed by atoms with Crippen LogP contribution >= 0.6 is 0 Å². The molecule has 0 atom stereocenters. The Morgan fingerprint density at radius 1 is 0.895 bits per heavy atom. The van der Waals surface area contributed by atoms with Crippen molar-refractivity contribution in [3.63, 3.8) is 0 Å². The van der Waals surface area contributed by atoms with Crippen LogP contribution in [-0.2, 0) is 6.42 Å². The zero-order valence-electron chi connectivity index (χ0n) is 12.9. The summed E-state index contributed by atoms with van der Waals surface area (Å²) in [5, 5.41) is 0. The van der Waals surface area contributed by atoms with Crippen LogP contribution in [0.3, 0.4) is 0 Å². The molecule has 0 radical (unpaired) electrons. The lowest BCUT2D eigenvalue weighted by Crippen LogP contribution is -3.11. The van der Waals surface area contributed by atoms with E-state index < -0.39 is 0 Å². The van der Waals surface area contributed by atoms with Crippen molar-refractivity contribution in [3.8, 4) is 5.75 Å². The lowest BCUT2D eigenvalue weighted by atomic mass is 10.2. The predicted octanol–water partition coefficient (Wildman–Crippen LogP) is 2.72. The molecule has 2 nitrogen and oxygen atoms in total. The summed E-state index contributed by atoms with van der Waals surface area (Å²) in [5.74, 6) is 1.01. The van der Waals surface area contributed by atoms with Crippen LogP contribution in [0.15, 0.2) is 24.3 Å². The first-order chi connectivity index (χ1) is 9.30. The number of hydrogen-bond donors (Lipinski definition) is 1. The van der Waals surface area contributed by atoms with Crippen LogP contribution in [-0.4, -0.2) is 26.2 Å². The van der Waals surface area contributed by atoms with Crippen molar-refractivity contribution in [2.75, 3.05) is 26.2 Å². The van der Waals surface area contributed by atoms with Gasteiger partial charge in [0.15, 0.2) is 0 Å². The molecule has 1 aromatic carbocycles. The van der Waals surface area contributed by atoms with E-state index in [0.717, 1.165) is 25.2 Å². The highest BCUT2D eigenvalue weighted by molar-refractivity contribution is 5.27. The summed E-state index contributed by atoms with van der Waals surface area (Å²) in [5.41, 5.74) is 1.37. The normalized spacial score (nSPS) is 10.9. The molecule has 0 aliphatic heterocycles. The molecule has 1 aromatic rings. The van der Waals surface area contributed by atoms with E-state index in [1.54, 1.807) is 4.90 Å². The molecule has 0 unspecified atom stereocenters. The fourth-order valence-corrected chi connectivity index (χ4v) is 2.27. The van der Waals surface area contributed by atoms with Crippen molar-refractivity contribution < 1.29 is 9.64 Å². The number of unbranched alkanes of at least 4 members (excludes halogenated alkanes) is 2. The van der Waals surface area contributed by atoms with Crippen molar-refractivity contribution in [2.45, 2.75) is 46.5 Å². The van der Waals surface area contributed by atoms with E-state index in [4.69, 9.17) is 4.74 Å². The summed E-state index contributed by atoms with van der Waals surface area (Å²) < 4.78 is 5.76. The second-order valence-electron chi connectivity index (χ2n) is 5.11. The molecule has 0 saturated carbocycles. The van der Waals surface area contributed by atoms with Crippen LogP contribution < -0.4 is 9.64 Å². The molecule has 0 aliphatic carbocycles. The van der Waals surface area contributed by atoms with Crippen molar-refractivity contribution in [3.05, 3.63) is 29.8 Å². The molecule has 0 spiro atoms. The van der Waals surface area contributed by atoms with Crippen LogP contribution in [0.1, 0.15) is 45.6 Å². The number of quaternary nitrogens is 1. The van der Waals surface area contributed by atoms with Crippen LogP contribution in [0, 0.1) is 0 Å². The smallest absolute Gasteiger partial charge is 0.119 e. The monoisotopic (exact) mass is 264 g/mol. The zero-order chi connectivity index (χ0) is 13.9. The Bertz CT molecular complexity index is 317. The van der Waals surface area contributed by atoms with Crippen molar-refractivity contribution in [1.29, 1.82) is 0 Å². The summed E-state index contributed by atoms with van der Waals surface area (Å²) >= 11 is 0. The molecule has 0 amide bonds. The minimum Gasteiger partial charge on any atom is -0.494 e. The van der Waals surface area contributed by atoms with Gasteiger partial charge in [0.25, 0.3) is 0 Å². The highest BCUT2D eigenvalue weighted by Crippen LogP contribution is 2.12. The summed E-state index contributed by atoms with van der Waals surface area (Å²) in [6, 6.07) is 8.47. The minimum atomic E-state index is 0.846. The third kappa shape index (κ3) is 6.63. The average molecular weight is 264 g/mol. The van der Waals surface area contributed by atoms with Crippen LogP contribution in [0.2, 0.25) is 0 Å². The van der Waals surface area contributed by atoms with E-state index in [1.807, 2.05) is 0 Å². The van der Waals surface area contributed by atoms with Gasteiger partial charge in [-0.25, -0.2) is 0 Å². The van der Waals surface area contributed by atoms with Gasteiger partial charge < -0.3 is 9.64 Å². The molecule has 1 rings (SSSR count). The molecule has 1 N–H and O–H groups in total. The van der Waals surface area contributed by atoms with Crippen LogP contribution in [0.25, 0.3) is 0 Å². The van der Waals surface area contributed by atoms with Gasteiger partial charge in [-0.15, -0.1) is 0 Å². The minimum absolute atomic E-state index is 0.846. The molecule has 0 aliphatic rings. The van der Waals surface area contributed by atoms with E-state index in [9.17, 15) is 0 Å². The molecule has 0 aromatic heterocycles. The number of hydrogen-bond acceptors (Lipinski definition) is 1. The Balaban J connectivity index is 2.07. The largest absolute Gasteiger partial charge is 0.494 e. The molecular formula is C17H30NO+. The second-order valence-corrected chi connectivity index (χ2v) is 5.11. The van der Waals surface area contributed by atoms with Gasteiger partial charge in [-0.1, -0.05) is 19.1 Å². The number of ether oxygens (including phenoxy) is 1. The number of benzene rings is 1. The Labute approximate surface area is 118 Å². The molecule has 2 heteroatoms. The Morgan fingerprint density at radius 3 is 2.16 bits per heavy atom. The number of aryl methyl sites for hydroxylation is 1. The summed E-state index contributed by atoms with van der Waals surface area (Å²) in [6.07, 6.45) is 4.84. The zero-order valence-corrected chi connectivity index (χ0v) is 12.9. The molecular weight excluding hydrogens is 234 g/mol. The quantitative estimate of drug-likeness (QED) is 0.642. The van der Waals surface area contributed by atoms with Crippen molar-refractivity contribution >= 4 is 0 Å².